The fourth-order valence-corrected chi connectivity index (χ4v) is 3.21. The quantitative estimate of drug-likeness (QED) is 0.739. The van der Waals surface area contributed by atoms with Crippen molar-refractivity contribution < 1.29 is 4.79 Å². The molecule has 3 aromatic rings. The summed E-state index contributed by atoms with van der Waals surface area (Å²) in [6.45, 7) is 2.45. The number of aromatic nitrogens is 2. The van der Waals surface area contributed by atoms with Gasteiger partial charge in [-0.2, -0.15) is 11.3 Å². The standard InChI is InChI=1S/C19H19N3OS/c1-14(15-5-3-2-4-6-15)11-18(23)22-12-17-19(21-9-8-20-17)16-7-10-24-13-16/h2-10,13-14H,11-12H2,1H3,(H,22,23). The van der Waals surface area contributed by atoms with E-state index in [4.69, 9.17) is 0 Å². The normalized spacial score (nSPS) is 11.9. The van der Waals surface area contributed by atoms with Gasteiger partial charge in [0.15, 0.2) is 0 Å². The van der Waals surface area contributed by atoms with Crippen molar-refractivity contribution in [2.45, 2.75) is 25.8 Å². The number of hydrogen-bond acceptors (Lipinski definition) is 4. The van der Waals surface area contributed by atoms with E-state index in [1.54, 1.807) is 23.7 Å². The van der Waals surface area contributed by atoms with Crippen LogP contribution in [0.15, 0.2) is 59.6 Å². The Hall–Kier alpha value is -2.53. The predicted molar refractivity (Wildman–Crippen MR) is 96.7 cm³/mol. The highest BCUT2D eigenvalue weighted by Crippen LogP contribution is 2.22. The molecule has 0 saturated carbocycles. The molecule has 0 bridgehead atoms. The maximum atomic E-state index is 12.2. The number of amides is 1. The minimum atomic E-state index is 0.0216. The Labute approximate surface area is 145 Å². The van der Waals surface area contributed by atoms with Crippen molar-refractivity contribution in [1.82, 2.24) is 15.3 Å². The van der Waals surface area contributed by atoms with Gasteiger partial charge in [0.1, 0.15) is 0 Å². The highest BCUT2D eigenvalue weighted by molar-refractivity contribution is 7.08. The summed E-state index contributed by atoms with van der Waals surface area (Å²) in [5.74, 6) is 0.206. The lowest BCUT2D eigenvalue weighted by molar-refractivity contribution is -0.121. The van der Waals surface area contributed by atoms with Gasteiger partial charge in [0.05, 0.1) is 17.9 Å². The summed E-state index contributed by atoms with van der Waals surface area (Å²) >= 11 is 1.62. The first-order chi connectivity index (χ1) is 11.7. The Bertz CT molecular complexity index is 787. The number of nitrogens with one attached hydrogen (secondary N) is 1. The Morgan fingerprint density at radius 1 is 1.17 bits per heavy atom. The van der Waals surface area contributed by atoms with E-state index in [-0.39, 0.29) is 11.8 Å². The van der Waals surface area contributed by atoms with E-state index in [1.165, 1.54) is 5.56 Å². The molecule has 0 aliphatic heterocycles. The van der Waals surface area contributed by atoms with E-state index >= 15 is 0 Å². The van der Waals surface area contributed by atoms with Crippen LogP contribution in [-0.4, -0.2) is 15.9 Å². The molecule has 1 unspecified atom stereocenters. The van der Waals surface area contributed by atoms with Crippen LogP contribution in [-0.2, 0) is 11.3 Å². The summed E-state index contributed by atoms with van der Waals surface area (Å²) in [4.78, 5) is 21.0. The van der Waals surface area contributed by atoms with Crippen LogP contribution in [0, 0.1) is 0 Å². The monoisotopic (exact) mass is 337 g/mol. The third-order valence-corrected chi connectivity index (χ3v) is 4.57. The molecular formula is C19H19N3OS. The molecule has 3 rings (SSSR count). The first kappa shape index (κ1) is 16.3. The van der Waals surface area contributed by atoms with Crippen LogP contribution >= 0.6 is 11.3 Å². The molecule has 2 aromatic heterocycles. The number of nitrogens with zero attached hydrogens (tertiary/aromatic N) is 2. The summed E-state index contributed by atoms with van der Waals surface area (Å²) in [6.07, 6.45) is 3.79. The SMILES string of the molecule is CC(CC(=O)NCc1nccnc1-c1ccsc1)c1ccccc1. The summed E-state index contributed by atoms with van der Waals surface area (Å²) in [7, 11) is 0. The van der Waals surface area contributed by atoms with Gasteiger partial charge >= 0.3 is 0 Å². The number of benzene rings is 1. The van der Waals surface area contributed by atoms with Crippen molar-refractivity contribution in [3.63, 3.8) is 0 Å². The van der Waals surface area contributed by atoms with E-state index in [9.17, 15) is 4.79 Å². The lowest BCUT2D eigenvalue weighted by atomic mass is 9.97. The van der Waals surface area contributed by atoms with E-state index in [0.717, 1.165) is 17.0 Å². The molecule has 0 radical (unpaired) electrons. The molecule has 122 valence electrons. The molecule has 5 heteroatoms. The molecule has 0 fully saturated rings. The molecule has 1 N–H and O–H groups in total. The summed E-state index contributed by atoms with van der Waals surface area (Å²) < 4.78 is 0. The Balaban J connectivity index is 1.61. The average molecular weight is 337 g/mol. The Morgan fingerprint density at radius 3 is 2.71 bits per heavy atom. The number of carbonyl (C=O) groups excluding carboxylic acids is 1. The Morgan fingerprint density at radius 2 is 1.96 bits per heavy atom. The van der Waals surface area contributed by atoms with Gasteiger partial charge in [0, 0.05) is 29.8 Å². The molecular weight excluding hydrogens is 318 g/mol. The van der Waals surface area contributed by atoms with Crippen molar-refractivity contribution in [2.24, 2.45) is 0 Å². The smallest absolute Gasteiger partial charge is 0.220 e. The number of thiophene rings is 1. The lowest BCUT2D eigenvalue weighted by Crippen LogP contribution is -2.25. The van der Waals surface area contributed by atoms with Crippen molar-refractivity contribution in [3.8, 4) is 11.3 Å². The highest BCUT2D eigenvalue weighted by Gasteiger charge is 2.13. The van der Waals surface area contributed by atoms with Crippen LogP contribution in [0.3, 0.4) is 0 Å². The molecule has 2 heterocycles. The van der Waals surface area contributed by atoms with E-state index < -0.39 is 0 Å². The predicted octanol–water partition coefficient (Wildman–Crippen LogP) is 4.02. The van der Waals surface area contributed by atoms with Gasteiger partial charge in [-0.3, -0.25) is 14.8 Å². The summed E-state index contributed by atoms with van der Waals surface area (Å²) in [5.41, 5.74) is 3.83. The van der Waals surface area contributed by atoms with Crippen molar-refractivity contribution >= 4 is 17.2 Å². The van der Waals surface area contributed by atoms with Crippen LogP contribution < -0.4 is 5.32 Å². The van der Waals surface area contributed by atoms with E-state index in [1.807, 2.05) is 35.0 Å². The minimum absolute atomic E-state index is 0.0216. The van der Waals surface area contributed by atoms with Crippen LogP contribution in [0.1, 0.15) is 30.5 Å². The van der Waals surface area contributed by atoms with Gasteiger partial charge in [-0.05, 0) is 22.9 Å². The van der Waals surface area contributed by atoms with Crippen molar-refractivity contribution in [3.05, 3.63) is 70.8 Å². The number of carbonyl (C=O) groups is 1. The van der Waals surface area contributed by atoms with Crippen LogP contribution in [0.25, 0.3) is 11.3 Å². The molecule has 1 atom stereocenters. The Kier molecular flexibility index (Phi) is 5.33. The molecule has 0 spiro atoms. The number of hydrogen-bond donors (Lipinski definition) is 1. The molecule has 0 saturated heterocycles. The van der Waals surface area contributed by atoms with Gasteiger partial charge in [-0.1, -0.05) is 37.3 Å². The molecule has 24 heavy (non-hydrogen) atoms. The molecule has 1 amide bonds. The second-order valence-corrected chi connectivity index (χ2v) is 6.44. The fraction of sp³-hybridized carbons (Fsp3) is 0.211. The van der Waals surface area contributed by atoms with E-state index in [2.05, 4.69) is 34.3 Å². The highest BCUT2D eigenvalue weighted by atomic mass is 32.1. The molecule has 4 nitrogen and oxygen atoms in total. The summed E-state index contributed by atoms with van der Waals surface area (Å²) in [6, 6.07) is 12.1. The average Bonchev–Trinajstić information content (AvgIpc) is 3.15. The zero-order chi connectivity index (χ0) is 16.8. The first-order valence-electron chi connectivity index (χ1n) is 7.88. The lowest BCUT2D eigenvalue weighted by Gasteiger charge is -2.12. The first-order valence-corrected chi connectivity index (χ1v) is 8.82. The third-order valence-electron chi connectivity index (χ3n) is 3.88. The molecule has 1 aromatic carbocycles. The zero-order valence-electron chi connectivity index (χ0n) is 13.5. The summed E-state index contributed by atoms with van der Waals surface area (Å²) in [5, 5.41) is 7.01. The fourth-order valence-electron chi connectivity index (χ4n) is 2.57. The topological polar surface area (TPSA) is 54.9 Å². The van der Waals surface area contributed by atoms with Crippen LogP contribution in [0.4, 0.5) is 0 Å². The second kappa shape index (κ2) is 7.84. The van der Waals surface area contributed by atoms with E-state index in [0.29, 0.717) is 13.0 Å². The minimum Gasteiger partial charge on any atom is -0.350 e. The largest absolute Gasteiger partial charge is 0.350 e. The molecule has 0 aliphatic rings. The maximum absolute atomic E-state index is 12.2. The van der Waals surface area contributed by atoms with Gasteiger partial charge in [0.2, 0.25) is 5.91 Å². The van der Waals surface area contributed by atoms with Crippen LogP contribution in [0.5, 0.6) is 0 Å². The van der Waals surface area contributed by atoms with Gasteiger partial charge in [-0.15, -0.1) is 0 Å². The zero-order valence-corrected chi connectivity index (χ0v) is 14.3. The van der Waals surface area contributed by atoms with Crippen molar-refractivity contribution in [1.29, 1.82) is 0 Å². The van der Waals surface area contributed by atoms with Gasteiger partial charge in [-0.25, -0.2) is 0 Å². The van der Waals surface area contributed by atoms with Gasteiger partial charge < -0.3 is 5.32 Å². The van der Waals surface area contributed by atoms with Crippen LogP contribution in [0.2, 0.25) is 0 Å². The molecule has 0 aliphatic carbocycles. The second-order valence-electron chi connectivity index (χ2n) is 5.66. The van der Waals surface area contributed by atoms with Gasteiger partial charge in [0.25, 0.3) is 0 Å². The number of rotatable bonds is 6. The van der Waals surface area contributed by atoms with Crippen molar-refractivity contribution in [2.75, 3.05) is 0 Å². The maximum Gasteiger partial charge on any atom is 0.220 e. The third kappa shape index (κ3) is 4.06.